The fourth-order valence-electron chi connectivity index (χ4n) is 1.28. The molecule has 1 aromatic rings. The van der Waals surface area contributed by atoms with Crippen molar-refractivity contribution in [3.63, 3.8) is 0 Å². The van der Waals surface area contributed by atoms with Crippen LogP contribution in [0.25, 0.3) is 0 Å². The molecule has 0 spiro atoms. The minimum Gasteiger partial charge on any atom is -0.383 e. The van der Waals surface area contributed by atoms with Crippen LogP contribution in [0.3, 0.4) is 0 Å². The fraction of sp³-hybridized carbons (Fsp3) is 0.455. The van der Waals surface area contributed by atoms with Gasteiger partial charge in [-0.3, -0.25) is 0 Å². The van der Waals surface area contributed by atoms with Gasteiger partial charge in [-0.2, -0.15) is 0 Å². The lowest BCUT2D eigenvalue weighted by Gasteiger charge is -2.15. The third-order valence-electron chi connectivity index (χ3n) is 2.15. The Morgan fingerprint density at radius 3 is 2.75 bits per heavy atom. The molecule has 0 aliphatic heterocycles. The van der Waals surface area contributed by atoms with Crippen LogP contribution in [0.5, 0.6) is 0 Å². The number of hydrogen-bond donors (Lipinski definition) is 1. The summed E-state index contributed by atoms with van der Waals surface area (Å²) in [5.41, 5.74) is 0.410. The van der Waals surface area contributed by atoms with E-state index in [1.165, 1.54) is 12.1 Å². The van der Waals surface area contributed by atoms with Crippen LogP contribution in [-0.2, 0) is 11.3 Å². The van der Waals surface area contributed by atoms with E-state index in [4.69, 9.17) is 16.3 Å². The largest absolute Gasteiger partial charge is 0.383 e. The lowest BCUT2D eigenvalue weighted by Crippen LogP contribution is -2.34. The first-order valence-corrected chi connectivity index (χ1v) is 5.43. The lowest BCUT2D eigenvalue weighted by molar-refractivity contribution is 0.172. The predicted octanol–water partition coefficient (Wildman–Crippen LogP) is 2.31. The van der Waals surface area contributed by atoms with Gasteiger partial charge in [0.2, 0.25) is 0 Å². The summed E-state index contributed by atoms with van der Waals surface area (Å²) >= 11 is 5.68. The van der Waals surface area contributed by atoms with Crippen LogP contribution in [0.2, 0.25) is 0 Å². The summed E-state index contributed by atoms with van der Waals surface area (Å²) in [6.07, 6.45) is 0. The van der Waals surface area contributed by atoms with Gasteiger partial charge >= 0.3 is 0 Å². The summed E-state index contributed by atoms with van der Waals surface area (Å²) in [6, 6.07) is 3.46. The molecule has 2 nitrogen and oxygen atoms in total. The molecule has 1 N–H and O–H groups in total. The van der Waals surface area contributed by atoms with Crippen LogP contribution in [0.1, 0.15) is 5.56 Å². The number of hydrogen-bond acceptors (Lipinski definition) is 2. The van der Waals surface area contributed by atoms with E-state index in [2.05, 4.69) is 5.32 Å². The highest BCUT2D eigenvalue weighted by Gasteiger charge is 2.08. The summed E-state index contributed by atoms with van der Waals surface area (Å²) in [6.45, 7) is 0.749. The Balaban J connectivity index is 2.53. The highest BCUT2D eigenvalue weighted by Crippen LogP contribution is 2.09. The molecule has 0 aromatic heterocycles. The van der Waals surface area contributed by atoms with Gasteiger partial charge in [-0.1, -0.05) is 6.07 Å². The zero-order valence-corrected chi connectivity index (χ0v) is 9.73. The molecule has 0 fully saturated rings. The molecule has 16 heavy (non-hydrogen) atoms. The van der Waals surface area contributed by atoms with Gasteiger partial charge in [0.15, 0.2) is 0 Å². The van der Waals surface area contributed by atoms with Crippen LogP contribution in [0.15, 0.2) is 18.2 Å². The number of halogens is 3. The van der Waals surface area contributed by atoms with Crippen LogP contribution >= 0.6 is 11.6 Å². The molecule has 0 saturated heterocycles. The van der Waals surface area contributed by atoms with Gasteiger partial charge in [0.1, 0.15) is 11.6 Å². The van der Waals surface area contributed by atoms with Gasteiger partial charge < -0.3 is 10.1 Å². The van der Waals surface area contributed by atoms with Crippen LogP contribution in [0, 0.1) is 11.6 Å². The maximum atomic E-state index is 13.2. The van der Waals surface area contributed by atoms with Crippen LogP contribution < -0.4 is 5.32 Å². The molecule has 0 saturated carbocycles. The average molecular weight is 250 g/mol. The second-order valence-electron chi connectivity index (χ2n) is 3.42. The molecule has 5 heteroatoms. The SMILES string of the molecule is COCC(CCl)NCc1ccc(F)cc1F. The normalized spacial score (nSPS) is 12.8. The highest BCUT2D eigenvalue weighted by molar-refractivity contribution is 6.18. The van der Waals surface area contributed by atoms with Crippen molar-refractivity contribution in [2.75, 3.05) is 19.6 Å². The molecule has 0 heterocycles. The van der Waals surface area contributed by atoms with Crippen molar-refractivity contribution >= 4 is 11.6 Å². The van der Waals surface area contributed by atoms with Gasteiger partial charge in [-0.15, -0.1) is 11.6 Å². The summed E-state index contributed by atoms with van der Waals surface area (Å²) in [7, 11) is 1.57. The molecule has 0 bridgehead atoms. The fourth-order valence-corrected chi connectivity index (χ4v) is 1.48. The molecule has 1 unspecified atom stereocenters. The Morgan fingerprint density at radius 2 is 2.19 bits per heavy atom. The molecule has 0 radical (unpaired) electrons. The van der Waals surface area contributed by atoms with Gasteiger partial charge in [0, 0.05) is 37.2 Å². The minimum atomic E-state index is -0.577. The van der Waals surface area contributed by atoms with Gasteiger partial charge in [-0.05, 0) is 6.07 Å². The lowest BCUT2D eigenvalue weighted by atomic mass is 10.2. The van der Waals surface area contributed by atoms with E-state index < -0.39 is 11.6 Å². The molecular weight excluding hydrogens is 236 g/mol. The zero-order chi connectivity index (χ0) is 12.0. The molecule has 1 aromatic carbocycles. The first-order chi connectivity index (χ1) is 7.67. The first kappa shape index (κ1) is 13.4. The Labute approximate surface area is 98.6 Å². The Kier molecular flexibility index (Phi) is 5.66. The standard InChI is InChI=1S/C11H14ClF2NO/c1-16-7-10(5-12)15-6-8-2-3-9(13)4-11(8)14/h2-4,10,15H,5-7H2,1H3. The Bertz CT molecular complexity index is 336. The van der Waals surface area contributed by atoms with E-state index in [0.717, 1.165) is 6.07 Å². The first-order valence-electron chi connectivity index (χ1n) is 4.89. The number of benzene rings is 1. The zero-order valence-electron chi connectivity index (χ0n) is 8.97. The summed E-state index contributed by atoms with van der Waals surface area (Å²) in [5.74, 6) is -0.762. The summed E-state index contributed by atoms with van der Waals surface area (Å²) in [5, 5.41) is 3.03. The monoisotopic (exact) mass is 249 g/mol. The molecule has 1 atom stereocenters. The van der Waals surface area contributed by atoms with E-state index in [9.17, 15) is 8.78 Å². The van der Waals surface area contributed by atoms with Crippen molar-refractivity contribution in [1.29, 1.82) is 0 Å². The Hall–Kier alpha value is -0.710. The molecule has 1 rings (SSSR count). The second kappa shape index (κ2) is 6.78. The van der Waals surface area contributed by atoms with Gasteiger partial charge in [0.05, 0.1) is 6.61 Å². The van der Waals surface area contributed by atoms with Crippen molar-refractivity contribution in [3.05, 3.63) is 35.4 Å². The number of rotatable bonds is 6. The Morgan fingerprint density at radius 1 is 1.44 bits per heavy atom. The third-order valence-corrected chi connectivity index (χ3v) is 2.52. The van der Waals surface area contributed by atoms with Gasteiger partial charge in [-0.25, -0.2) is 8.78 Å². The summed E-state index contributed by atoms with van der Waals surface area (Å²) < 4.78 is 30.8. The third kappa shape index (κ3) is 4.04. The smallest absolute Gasteiger partial charge is 0.130 e. The van der Waals surface area contributed by atoms with E-state index in [1.54, 1.807) is 7.11 Å². The minimum absolute atomic E-state index is 0.0453. The second-order valence-corrected chi connectivity index (χ2v) is 3.73. The molecule has 0 amide bonds. The molecular formula is C11H14ClF2NO. The van der Waals surface area contributed by atoms with Crippen molar-refractivity contribution in [2.45, 2.75) is 12.6 Å². The molecule has 0 aliphatic rings. The number of ether oxygens (including phenoxy) is 1. The number of alkyl halides is 1. The van der Waals surface area contributed by atoms with Gasteiger partial charge in [0.25, 0.3) is 0 Å². The van der Waals surface area contributed by atoms with E-state index in [0.29, 0.717) is 24.6 Å². The van der Waals surface area contributed by atoms with Crippen molar-refractivity contribution < 1.29 is 13.5 Å². The van der Waals surface area contributed by atoms with Crippen molar-refractivity contribution in [2.24, 2.45) is 0 Å². The van der Waals surface area contributed by atoms with E-state index in [1.807, 2.05) is 0 Å². The van der Waals surface area contributed by atoms with Crippen molar-refractivity contribution in [3.8, 4) is 0 Å². The quantitative estimate of drug-likeness (QED) is 0.782. The maximum Gasteiger partial charge on any atom is 0.130 e. The maximum absolute atomic E-state index is 13.2. The van der Waals surface area contributed by atoms with Crippen LogP contribution in [0.4, 0.5) is 8.78 Å². The molecule has 0 aliphatic carbocycles. The average Bonchev–Trinajstić information content (AvgIpc) is 2.26. The summed E-state index contributed by atoms with van der Waals surface area (Å²) in [4.78, 5) is 0. The van der Waals surface area contributed by atoms with E-state index in [-0.39, 0.29) is 6.04 Å². The molecule has 90 valence electrons. The van der Waals surface area contributed by atoms with Crippen molar-refractivity contribution in [1.82, 2.24) is 5.32 Å². The number of nitrogens with one attached hydrogen (secondary N) is 1. The van der Waals surface area contributed by atoms with Crippen LogP contribution in [-0.4, -0.2) is 25.6 Å². The predicted molar refractivity (Wildman–Crippen MR) is 59.6 cm³/mol. The topological polar surface area (TPSA) is 21.3 Å². The number of methoxy groups -OCH3 is 1. The highest BCUT2D eigenvalue weighted by atomic mass is 35.5. The van der Waals surface area contributed by atoms with E-state index >= 15 is 0 Å².